The molecule has 1 aliphatic rings. The Morgan fingerprint density at radius 2 is 2.46 bits per heavy atom. The van der Waals surface area contributed by atoms with Crippen LogP contribution in [0.1, 0.15) is 13.3 Å². The van der Waals surface area contributed by atoms with Gasteiger partial charge in [0.25, 0.3) is 0 Å². The first-order valence-corrected chi connectivity index (χ1v) is 4.46. The number of carbonyl (C=O) groups excluding carboxylic acids is 1. The van der Waals surface area contributed by atoms with Gasteiger partial charge in [-0.15, -0.1) is 0 Å². The Morgan fingerprint density at radius 1 is 1.77 bits per heavy atom. The van der Waals surface area contributed by atoms with Crippen molar-refractivity contribution in [3.8, 4) is 0 Å². The molecule has 0 saturated carbocycles. The van der Waals surface area contributed by atoms with Crippen LogP contribution >= 0.6 is 0 Å². The quantitative estimate of drug-likeness (QED) is 0.341. The van der Waals surface area contributed by atoms with Crippen molar-refractivity contribution in [3.63, 3.8) is 0 Å². The molecule has 13 heavy (non-hydrogen) atoms. The summed E-state index contributed by atoms with van der Waals surface area (Å²) < 4.78 is 5.40. The minimum Gasteiger partial charge on any atom is -0.377 e. The molecular weight excluding hydrogens is 170 g/mol. The Balaban J connectivity index is 2.38. The van der Waals surface area contributed by atoms with E-state index in [-0.39, 0.29) is 12.0 Å². The number of hydrogen-bond donors (Lipinski definition) is 2. The Bertz CT molecular complexity index is 186. The highest BCUT2D eigenvalue weighted by Gasteiger charge is 2.28. The second-order valence-corrected chi connectivity index (χ2v) is 3.41. The molecule has 1 amide bonds. The normalized spacial score (nSPS) is 28.0. The van der Waals surface area contributed by atoms with Gasteiger partial charge in [0.2, 0.25) is 5.91 Å². The van der Waals surface area contributed by atoms with Gasteiger partial charge in [-0.05, 0) is 20.4 Å². The van der Waals surface area contributed by atoms with E-state index in [2.05, 4.69) is 5.43 Å². The topological polar surface area (TPSA) is 67.6 Å². The van der Waals surface area contributed by atoms with Crippen molar-refractivity contribution >= 4 is 5.91 Å². The van der Waals surface area contributed by atoms with Crippen LogP contribution < -0.4 is 11.3 Å². The van der Waals surface area contributed by atoms with E-state index in [1.165, 1.54) is 0 Å². The fourth-order valence-electron chi connectivity index (χ4n) is 1.69. The van der Waals surface area contributed by atoms with Gasteiger partial charge in [0, 0.05) is 12.6 Å². The molecule has 5 heteroatoms. The third-order valence-corrected chi connectivity index (χ3v) is 2.46. The van der Waals surface area contributed by atoms with Crippen molar-refractivity contribution in [3.05, 3.63) is 0 Å². The molecule has 3 N–H and O–H groups in total. The highest BCUT2D eigenvalue weighted by atomic mass is 16.5. The van der Waals surface area contributed by atoms with E-state index in [1.807, 2.05) is 18.9 Å². The van der Waals surface area contributed by atoms with Crippen molar-refractivity contribution in [2.75, 3.05) is 20.2 Å². The molecule has 2 atom stereocenters. The lowest BCUT2D eigenvalue weighted by Gasteiger charge is -2.25. The van der Waals surface area contributed by atoms with Crippen LogP contribution in [0, 0.1) is 0 Å². The molecule has 1 rings (SSSR count). The Hall–Kier alpha value is -0.650. The number of hydrogen-bond acceptors (Lipinski definition) is 4. The lowest BCUT2D eigenvalue weighted by atomic mass is 10.1. The summed E-state index contributed by atoms with van der Waals surface area (Å²) in [6.45, 7) is 3.13. The summed E-state index contributed by atoms with van der Waals surface area (Å²) in [5, 5.41) is 0. The molecule has 76 valence electrons. The number of nitrogens with zero attached hydrogens (tertiary/aromatic N) is 1. The molecule has 0 aromatic rings. The van der Waals surface area contributed by atoms with Crippen LogP contribution in [0.3, 0.4) is 0 Å². The van der Waals surface area contributed by atoms with E-state index in [4.69, 9.17) is 10.6 Å². The molecule has 0 aromatic heterocycles. The average molecular weight is 187 g/mol. The third-order valence-electron chi connectivity index (χ3n) is 2.46. The van der Waals surface area contributed by atoms with E-state index in [0.717, 1.165) is 13.0 Å². The van der Waals surface area contributed by atoms with Crippen molar-refractivity contribution in [2.45, 2.75) is 25.5 Å². The van der Waals surface area contributed by atoms with Crippen LogP contribution in [0.2, 0.25) is 0 Å². The monoisotopic (exact) mass is 187 g/mol. The number of nitrogens with two attached hydrogens (primary N) is 1. The van der Waals surface area contributed by atoms with Gasteiger partial charge in [-0.2, -0.15) is 0 Å². The molecule has 0 aliphatic carbocycles. The van der Waals surface area contributed by atoms with E-state index in [0.29, 0.717) is 12.6 Å². The number of nitrogens with one attached hydrogen (secondary N) is 1. The van der Waals surface area contributed by atoms with Gasteiger partial charge in [0.05, 0.1) is 12.6 Å². The number of hydrazine groups is 1. The average Bonchev–Trinajstić information content (AvgIpc) is 2.51. The fraction of sp³-hybridized carbons (Fsp3) is 0.875. The van der Waals surface area contributed by atoms with Gasteiger partial charge in [-0.25, -0.2) is 5.84 Å². The summed E-state index contributed by atoms with van der Waals surface area (Å²) in [4.78, 5) is 12.9. The second kappa shape index (κ2) is 4.55. The van der Waals surface area contributed by atoms with Gasteiger partial charge in [-0.1, -0.05) is 0 Å². The number of likely N-dealkylation sites (N-methyl/N-ethyl adjacent to an activating group) is 1. The predicted octanol–water partition coefficient (Wildman–Crippen LogP) is -0.914. The lowest BCUT2D eigenvalue weighted by molar-refractivity contribution is -0.122. The molecule has 1 aliphatic heterocycles. The maximum Gasteiger partial charge on any atom is 0.248 e. The van der Waals surface area contributed by atoms with E-state index >= 15 is 0 Å². The first kappa shape index (κ1) is 10.4. The van der Waals surface area contributed by atoms with Gasteiger partial charge in [0.1, 0.15) is 0 Å². The smallest absolute Gasteiger partial charge is 0.248 e. The zero-order valence-corrected chi connectivity index (χ0v) is 8.12. The predicted molar refractivity (Wildman–Crippen MR) is 48.8 cm³/mol. The molecule has 2 unspecified atom stereocenters. The van der Waals surface area contributed by atoms with Gasteiger partial charge in [-0.3, -0.25) is 15.1 Å². The maximum atomic E-state index is 11.0. The van der Waals surface area contributed by atoms with Crippen LogP contribution in [-0.4, -0.2) is 43.2 Å². The van der Waals surface area contributed by atoms with Crippen molar-refractivity contribution in [1.82, 2.24) is 10.3 Å². The largest absolute Gasteiger partial charge is 0.377 e. The van der Waals surface area contributed by atoms with Gasteiger partial charge < -0.3 is 4.74 Å². The number of amides is 1. The van der Waals surface area contributed by atoms with Crippen molar-refractivity contribution in [2.24, 2.45) is 5.84 Å². The van der Waals surface area contributed by atoms with E-state index < -0.39 is 0 Å². The Morgan fingerprint density at radius 3 is 2.92 bits per heavy atom. The van der Waals surface area contributed by atoms with Crippen LogP contribution in [0.25, 0.3) is 0 Å². The standard InChI is InChI=1S/C8H17N3O2/c1-6-7(3-4-13-6)11(2)5-8(12)10-9/h6-7H,3-5,9H2,1-2H3,(H,10,12). The van der Waals surface area contributed by atoms with Crippen LogP contribution in [0.15, 0.2) is 0 Å². The minimum atomic E-state index is -0.165. The molecule has 1 heterocycles. The van der Waals surface area contributed by atoms with E-state index in [1.54, 1.807) is 0 Å². The number of rotatable bonds is 3. The summed E-state index contributed by atoms with van der Waals surface area (Å²) in [5.41, 5.74) is 2.11. The molecule has 1 fully saturated rings. The Kier molecular flexibility index (Phi) is 3.65. The lowest BCUT2D eigenvalue weighted by Crippen LogP contribution is -2.45. The van der Waals surface area contributed by atoms with Crippen LogP contribution in [-0.2, 0) is 9.53 Å². The number of ether oxygens (including phenoxy) is 1. The molecule has 0 bridgehead atoms. The highest BCUT2D eigenvalue weighted by molar-refractivity contribution is 5.77. The molecule has 1 saturated heterocycles. The zero-order valence-electron chi connectivity index (χ0n) is 8.12. The molecule has 5 nitrogen and oxygen atoms in total. The maximum absolute atomic E-state index is 11.0. The summed E-state index contributed by atoms with van der Waals surface area (Å²) in [7, 11) is 1.91. The SMILES string of the molecule is CC1OCCC1N(C)CC(=O)NN. The van der Waals surface area contributed by atoms with Crippen LogP contribution in [0.5, 0.6) is 0 Å². The summed E-state index contributed by atoms with van der Waals surface area (Å²) >= 11 is 0. The van der Waals surface area contributed by atoms with E-state index in [9.17, 15) is 4.79 Å². The number of carbonyl (C=O) groups is 1. The molecule has 0 spiro atoms. The summed E-state index contributed by atoms with van der Waals surface area (Å²) in [5.74, 6) is 4.83. The first-order valence-electron chi connectivity index (χ1n) is 4.46. The summed E-state index contributed by atoms with van der Waals surface area (Å²) in [6.07, 6.45) is 1.19. The van der Waals surface area contributed by atoms with Crippen molar-refractivity contribution in [1.29, 1.82) is 0 Å². The molecule has 0 aromatic carbocycles. The zero-order chi connectivity index (χ0) is 9.84. The first-order chi connectivity index (χ1) is 6.15. The van der Waals surface area contributed by atoms with Crippen molar-refractivity contribution < 1.29 is 9.53 Å². The fourth-order valence-corrected chi connectivity index (χ4v) is 1.69. The van der Waals surface area contributed by atoms with Crippen LogP contribution in [0.4, 0.5) is 0 Å². The molecule has 0 radical (unpaired) electrons. The third kappa shape index (κ3) is 2.65. The van der Waals surface area contributed by atoms with Gasteiger partial charge in [0.15, 0.2) is 0 Å². The highest BCUT2D eigenvalue weighted by Crippen LogP contribution is 2.17. The minimum absolute atomic E-state index is 0.165. The Labute approximate surface area is 78.2 Å². The molecular formula is C8H17N3O2. The second-order valence-electron chi connectivity index (χ2n) is 3.41. The van der Waals surface area contributed by atoms with Gasteiger partial charge >= 0.3 is 0 Å². The summed E-state index contributed by atoms with van der Waals surface area (Å²) in [6, 6.07) is 0.331.